The molecular formula is C23H34N2O7. The summed E-state index contributed by atoms with van der Waals surface area (Å²) in [7, 11) is 4.97. The van der Waals surface area contributed by atoms with Gasteiger partial charge in [-0.1, -0.05) is 12.2 Å². The molecule has 9 nitrogen and oxygen atoms in total. The molecule has 0 spiro atoms. The summed E-state index contributed by atoms with van der Waals surface area (Å²) in [6.07, 6.45) is 8.54. The number of methoxy groups -OCH3 is 3. The molecule has 32 heavy (non-hydrogen) atoms. The number of carbonyl (C=O) groups is 2. The van der Waals surface area contributed by atoms with Crippen LogP contribution < -0.4 is 14.2 Å². The zero-order valence-electron chi connectivity index (χ0n) is 19.1. The van der Waals surface area contributed by atoms with Gasteiger partial charge >= 0.3 is 11.9 Å². The van der Waals surface area contributed by atoms with Crippen LogP contribution in [0.5, 0.6) is 17.2 Å². The average Bonchev–Trinajstić information content (AvgIpc) is 2.80. The van der Waals surface area contributed by atoms with Crippen LogP contribution in [0.1, 0.15) is 24.8 Å². The Bertz CT molecular complexity index is 752. The number of piperazine rings is 1. The van der Waals surface area contributed by atoms with E-state index >= 15 is 0 Å². The number of ether oxygens (including phenoxy) is 3. The third kappa shape index (κ3) is 7.72. The Kier molecular flexibility index (Phi) is 10.3. The average molecular weight is 451 g/mol. The lowest BCUT2D eigenvalue weighted by Crippen LogP contribution is -2.47. The van der Waals surface area contributed by atoms with Gasteiger partial charge in [-0.3, -0.25) is 4.90 Å². The highest BCUT2D eigenvalue weighted by Gasteiger charge is 2.21. The number of nitrogens with zero attached hydrogens (tertiary/aromatic N) is 2. The zero-order valence-corrected chi connectivity index (χ0v) is 19.1. The van der Waals surface area contributed by atoms with Crippen molar-refractivity contribution in [2.45, 2.75) is 25.8 Å². The van der Waals surface area contributed by atoms with Crippen LogP contribution in [-0.4, -0.2) is 86.0 Å². The smallest absolute Gasteiger partial charge is 0.414 e. The van der Waals surface area contributed by atoms with Crippen molar-refractivity contribution in [3.8, 4) is 17.2 Å². The Morgan fingerprint density at radius 1 is 0.906 bits per heavy atom. The van der Waals surface area contributed by atoms with Crippen molar-refractivity contribution in [3.05, 3.63) is 29.8 Å². The molecule has 3 rings (SSSR count). The van der Waals surface area contributed by atoms with Crippen LogP contribution in [0.2, 0.25) is 0 Å². The number of carboxylic acid groups (broad SMARTS) is 2. The molecule has 1 unspecified atom stereocenters. The molecule has 178 valence electrons. The maximum absolute atomic E-state index is 9.10. The number of allylic oxidation sites excluding steroid dienone is 2. The van der Waals surface area contributed by atoms with Gasteiger partial charge in [0.1, 0.15) is 0 Å². The number of benzene rings is 1. The molecule has 1 saturated heterocycles. The molecule has 0 bridgehead atoms. The second-order valence-corrected chi connectivity index (χ2v) is 7.87. The number of rotatable bonds is 7. The van der Waals surface area contributed by atoms with Gasteiger partial charge in [-0.25, -0.2) is 9.59 Å². The third-order valence-electron chi connectivity index (χ3n) is 5.67. The first-order chi connectivity index (χ1) is 15.4. The van der Waals surface area contributed by atoms with Crippen LogP contribution in [0.25, 0.3) is 0 Å². The molecule has 0 saturated carbocycles. The number of hydrogen-bond donors (Lipinski definition) is 2. The first kappa shape index (κ1) is 25.5. The molecule has 1 aromatic rings. The van der Waals surface area contributed by atoms with Crippen LogP contribution in [-0.2, 0) is 16.1 Å². The van der Waals surface area contributed by atoms with E-state index in [0.29, 0.717) is 5.75 Å². The molecule has 1 aliphatic carbocycles. The molecular weight excluding hydrogens is 416 g/mol. The summed E-state index contributed by atoms with van der Waals surface area (Å²) >= 11 is 0. The van der Waals surface area contributed by atoms with E-state index in [0.717, 1.165) is 50.1 Å². The predicted molar refractivity (Wildman–Crippen MR) is 120 cm³/mol. The van der Waals surface area contributed by atoms with E-state index in [4.69, 9.17) is 34.0 Å². The normalized spacial score (nSPS) is 18.9. The van der Waals surface area contributed by atoms with Crippen LogP contribution in [0.4, 0.5) is 0 Å². The largest absolute Gasteiger partial charge is 0.493 e. The molecule has 1 aromatic carbocycles. The lowest BCUT2D eigenvalue weighted by Gasteiger charge is -2.36. The van der Waals surface area contributed by atoms with Gasteiger partial charge in [0.25, 0.3) is 0 Å². The molecule has 1 heterocycles. The maximum atomic E-state index is 9.10. The highest BCUT2D eigenvalue weighted by atomic mass is 16.5. The summed E-state index contributed by atoms with van der Waals surface area (Å²) in [6.45, 7) is 6.70. The summed E-state index contributed by atoms with van der Waals surface area (Å²) in [5.74, 6) is -0.687. The van der Waals surface area contributed by atoms with Gasteiger partial charge in [0.2, 0.25) is 5.75 Å². The quantitative estimate of drug-likeness (QED) is 0.478. The van der Waals surface area contributed by atoms with Crippen molar-refractivity contribution in [2.75, 3.05) is 54.1 Å². The molecule has 2 N–H and O–H groups in total. The molecule has 9 heteroatoms. The Morgan fingerprint density at radius 3 is 1.91 bits per heavy atom. The first-order valence-electron chi connectivity index (χ1n) is 10.7. The summed E-state index contributed by atoms with van der Waals surface area (Å²) in [6, 6.07) is 4.12. The van der Waals surface area contributed by atoms with Crippen molar-refractivity contribution >= 4 is 11.9 Å². The summed E-state index contributed by atoms with van der Waals surface area (Å²) in [5.41, 5.74) is 1.20. The Morgan fingerprint density at radius 2 is 1.47 bits per heavy atom. The number of carboxylic acids is 2. The van der Waals surface area contributed by atoms with Crippen LogP contribution in [0, 0.1) is 5.92 Å². The lowest BCUT2D eigenvalue weighted by molar-refractivity contribution is -0.159. The molecule has 1 fully saturated rings. The molecule has 0 amide bonds. The number of aliphatic carboxylic acids is 2. The Hall–Kier alpha value is -2.78. The molecule has 0 aromatic heterocycles. The van der Waals surface area contributed by atoms with Crippen LogP contribution >= 0.6 is 0 Å². The summed E-state index contributed by atoms with van der Waals surface area (Å²) in [4.78, 5) is 23.3. The fraction of sp³-hybridized carbons (Fsp3) is 0.565. The minimum absolute atomic E-state index is 0.658. The third-order valence-corrected chi connectivity index (χ3v) is 5.67. The van der Waals surface area contributed by atoms with Gasteiger partial charge in [0, 0.05) is 39.3 Å². The standard InChI is InChI=1S/C21H32N2O3.C2H2O4/c1-24-19-13-18(14-20(25-2)21(19)26-3)16-23-11-9-22(10-12-23)15-17-7-5-4-6-8-17;3-1(4)2(5)6/h4-5,13-14,17H,6-12,15-16H2,1-3H3;(H,3,4)(H,5,6). The van der Waals surface area contributed by atoms with Gasteiger partial charge in [-0.05, 0) is 42.9 Å². The van der Waals surface area contributed by atoms with Gasteiger partial charge in [0.15, 0.2) is 11.5 Å². The van der Waals surface area contributed by atoms with E-state index in [9.17, 15) is 0 Å². The first-order valence-corrected chi connectivity index (χ1v) is 10.7. The van der Waals surface area contributed by atoms with Gasteiger partial charge < -0.3 is 29.3 Å². The van der Waals surface area contributed by atoms with Gasteiger partial charge in [-0.15, -0.1) is 0 Å². The van der Waals surface area contributed by atoms with Crippen molar-refractivity contribution in [3.63, 3.8) is 0 Å². The highest BCUT2D eigenvalue weighted by molar-refractivity contribution is 6.27. The van der Waals surface area contributed by atoms with E-state index < -0.39 is 11.9 Å². The van der Waals surface area contributed by atoms with Crippen molar-refractivity contribution in [1.29, 1.82) is 0 Å². The highest BCUT2D eigenvalue weighted by Crippen LogP contribution is 2.38. The SMILES string of the molecule is COc1cc(CN2CCN(CC3CC=CCC3)CC2)cc(OC)c1OC.O=C(O)C(=O)O. The summed E-state index contributed by atoms with van der Waals surface area (Å²) in [5, 5.41) is 14.8. The minimum atomic E-state index is -1.82. The van der Waals surface area contributed by atoms with Crippen molar-refractivity contribution < 1.29 is 34.0 Å². The van der Waals surface area contributed by atoms with Gasteiger partial charge in [0.05, 0.1) is 21.3 Å². The molecule has 1 aliphatic heterocycles. The van der Waals surface area contributed by atoms with E-state index in [1.807, 2.05) is 0 Å². The van der Waals surface area contributed by atoms with E-state index in [1.54, 1.807) is 21.3 Å². The second kappa shape index (κ2) is 12.9. The van der Waals surface area contributed by atoms with Crippen molar-refractivity contribution in [2.24, 2.45) is 5.92 Å². The van der Waals surface area contributed by atoms with Crippen LogP contribution in [0.3, 0.4) is 0 Å². The Balaban J connectivity index is 0.000000534. The van der Waals surface area contributed by atoms with Gasteiger partial charge in [-0.2, -0.15) is 0 Å². The van der Waals surface area contributed by atoms with E-state index in [2.05, 4.69) is 34.1 Å². The molecule has 0 radical (unpaired) electrons. The zero-order chi connectivity index (χ0) is 23.5. The van der Waals surface area contributed by atoms with E-state index in [-0.39, 0.29) is 0 Å². The minimum Gasteiger partial charge on any atom is -0.493 e. The van der Waals surface area contributed by atoms with Crippen molar-refractivity contribution in [1.82, 2.24) is 9.80 Å². The van der Waals surface area contributed by atoms with E-state index in [1.165, 1.54) is 31.4 Å². The van der Waals surface area contributed by atoms with Crippen LogP contribution in [0.15, 0.2) is 24.3 Å². The maximum Gasteiger partial charge on any atom is 0.414 e. The predicted octanol–water partition coefficient (Wildman–Crippen LogP) is 2.34. The second-order valence-electron chi connectivity index (χ2n) is 7.87. The monoisotopic (exact) mass is 450 g/mol. The topological polar surface area (TPSA) is 109 Å². The lowest BCUT2D eigenvalue weighted by atomic mass is 9.94. The molecule has 2 aliphatic rings. The fourth-order valence-corrected chi connectivity index (χ4v) is 4.00. The fourth-order valence-electron chi connectivity index (χ4n) is 4.00. The molecule has 1 atom stereocenters. The summed E-state index contributed by atoms with van der Waals surface area (Å²) < 4.78 is 16.4. The Labute approximate surface area is 189 Å². The number of hydrogen-bond acceptors (Lipinski definition) is 7.